The van der Waals surface area contributed by atoms with Crippen molar-refractivity contribution >= 4 is 56.4 Å². The molecule has 1 fully saturated rings. The third kappa shape index (κ3) is 7.71. The van der Waals surface area contributed by atoms with Gasteiger partial charge in [-0.05, 0) is 67.1 Å². The highest BCUT2D eigenvalue weighted by molar-refractivity contribution is 7.90. The number of carbonyl (C=O) groups excluding carboxylic acids is 2. The molecule has 2 aromatic carbocycles. The number of anilines is 2. The molecular formula is C28H30Cl2N4O4S. The third-order valence-corrected chi connectivity index (χ3v) is 8.44. The Morgan fingerprint density at radius 1 is 1.08 bits per heavy atom. The fourth-order valence-corrected chi connectivity index (χ4v) is 5.39. The molecule has 1 aromatic heterocycles. The lowest BCUT2D eigenvalue weighted by molar-refractivity contribution is -0.122. The van der Waals surface area contributed by atoms with E-state index >= 15 is 0 Å². The van der Waals surface area contributed by atoms with Gasteiger partial charge in [-0.25, -0.2) is 13.4 Å². The summed E-state index contributed by atoms with van der Waals surface area (Å²) in [5.41, 5.74) is 2.61. The fraction of sp³-hybridized carbons (Fsp3) is 0.321. The molecule has 206 valence electrons. The number of benzene rings is 2. The van der Waals surface area contributed by atoms with Gasteiger partial charge in [0.05, 0.1) is 10.6 Å². The van der Waals surface area contributed by atoms with Crippen LogP contribution in [0.4, 0.5) is 11.5 Å². The van der Waals surface area contributed by atoms with E-state index in [1.807, 2.05) is 30.0 Å². The van der Waals surface area contributed by atoms with E-state index in [1.54, 1.807) is 18.2 Å². The van der Waals surface area contributed by atoms with Crippen LogP contribution in [-0.2, 0) is 21.2 Å². The highest BCUT2D eigenvalue weighted by atomic mass is 35.5. The molecule has 0 unspecified atom stereocenters. The van der Waals surface area contributed by atoms with Crippen molar-refractivity contribution in [2.24, 2.45) is 5.92 Å². The zero-order valence-corrected chi connectivity index (χ0v) is 24.0. The van der Waals surface area contributed by atoms with Gasteiger partial charge in [-0.3, -0.25) is 9.59 Å². The summed E-state index contributed by atoms with van der Waals surface area (Å²) in [5, 5.41) is 6.91. The van der Waals surface area contributed by atoms with Crippen molar-refractivity contribution in [1.29, 1.82) is 0 Å². The third-order valence-electron chi connectivity index (χ3n) is 6.70. The first-order valence-electron chi connectivity index (χ1n) is 12.5. The number of nitrogens with zero attached hydrogens (tertiary/aromatic N) is 2. The Labute approximate surface area is 238 Å². The molecule has 0 spiro atoms. The minimum atomic E-state index is -3.54. The monoisotopic (exact) mass is 588 g/mol. The second-order valence-corrected chi connectivity index (χ2v) is 12.6. The molecule has 0 atom stereocenters. The van der Waals surface area contributed by atoms with Crippen LogP contribution in [0.3, 0.4) is 0 Å². The summed E-state index contributed by atoms with van der Waals surface area (Å²) in [6, 6.07) is 13.6. The van der Waals surface area contributed by atoms with E-state index in [2.05, 4.69) is 15.6 Å². The minimum Gasteiger partial charge on any atom is -0.355 e. The zero-order chi connectivity index (χ0) is 28.2. The Balaban J connectivity index is 1.40. The Hall–Kier alpha value is -3.14. The van der Waals surface area contributed by atoms with Crippen molar-refractivity contribution in [3.63, 3.8) is 0 Å². The van der Waals surface area contributed by atoms with Crippen LogP contribution in [-0.4, -0.2) is 44.6 Å². The van der Waals surface area contributed by atoms with Crippen LogP contribution in [0, 0.1) is 12.8 Å². The van der Waals surface area contributed by atoms with Crippen LogP contribution in [0.5, 0.6) is 0 Å². The average molecular weight is 590 g/mol. The Kier molecular flexibility index (Phi) is 9.15. The summed E-state index contributed by atoms with van der Waals surface area (Å²) < 4.78 is 24.3. The maximum absolute atomic E-state index is 12.9. The number of amides is 2. The predicted octanol–water partition coefficient (Wildman–Crippen LogP) is 5.28. The number of piperidine rings is 1. The Bertz CT molecular complexity index is 1490. The van der Waals surface area contributed by atoms with Crippen LogP contribution >= 0.6 is 23.2 Å². The van der Waals surface area contributed by atoms with Crippen molar-refractivity contribution in [3.8, 4) is 0 Å². The molecule has 0 bridgehead atoms. The van der Waals surface area contributed by atoms with Crippen molar-refractivity contribution in [2.75, 3.05) is 29.6 Å². The van der Waals surface area contributed by atoms with Gasteiger partial charge in [-0.15, -0.1) is 0 Å². The summed E-state index contributed by atoms with van der Waals surface area (Å²) in [6.07, 6.45) is 4.32. The molecule has 8 nitrogen and oxygen atoms in total. The van der Waals surface area contributed by atoms with Crippen molar-refractivity contribution in [3.05, 3.63) is 81.5 Å². The maximum Gasteiger partial charge on any atom is 0.255 e. The number of sulfone groups is 1. The van der Waals surface area contributed by atoms with Gasteiger partial charge in [0.1, 0.15) is 0 Å². The highest BCUT2D eigenvalue weighted by Crippen LogP contribution is 2.31. The van der Waals surface area contributed by atoms with Crippen LogP contribution in [0.1, 0.15) is 40.7 Å². The van der Waals surface area contributed by atoms with Crippen molar-refractivity contribution in [1.82, 2.24) is 10.3 Å². The van der Waals surface area contributed by atoms with Gasteiger partial charge in [-0.2, -0.15) is 0 Å². The first-order chi connectivity index (χ1) is 18.5. The average Bonchev–Trinajstić information content (AvgIpc) is 2.89. The number of carbonyl (C=O) groups is 2. The molecule has 4 rings (SSSR count). The molecule has 1 aliphatic rings. The number of nitrogens with one attached hydrogen (secondary N) is 2. The van der Waals surface area contributed by atoms with Gasteiger partial charge in [-0.1, -0.05) is 41.4 Å². The fourth-order valence-electron chi connectivity index (χ4n) is 4.51. The molecule has 0 saturated carbocycles. The molecule has 1 aliphatic heterocycles. The summed E-state index contributed by atoms with van der Waals surface area (Å²) >= 11 is 12.1. The number of halogens is 2. The first-order valence-corrected chi connectivity index (χ1v) is 15.2. The highest BCUT2D eigenvalue weighted by Gasteiger charge is 2.25. The van der Waals surface area contributed by atoms with E-state index < -0.39 is 15.7 Å². The Morgan fingerprint density at radius 2 is 1.82 bits per heavy atom. The number of hydrogen-bond acceptors (Lipinski definition) is 6. The van der Waals surface area contributed by atoms with Gasteiger partial charge in [0, 0.05) is 54.1 Å². The molecule has 11 heteroatoms. The lowest BCUT2D eigenvalue weighted by Crippen LogP contribution is -2.37. The van der Waals surface area contributed by atoms with E-state index in [0.29, 0.717) is 53.2 Å². The molecule has 1 saturated heterocycles. The molecule has 0 radical (unpaired) electrons. The molecule has 2 amide bonds. The molecule has 0 aliphatic carbocycles. The van der Waals surface area contributed by atoms with Gasteiger partial charge in [0.15, 0.2) is 15.7 Å². The maximum atomic E-state index is 12.9. The molecule has 3 aromatic rings. The number of aromatic nitrogens is 1. The van der Waals surface area contributed by atoms with Gasteiger partial charge in [0.2, 0.25) is 5.91 Å². The second kappa shape index (κ2) is 12.4. The lowest BCUT2D eigenvalue weighted by atomic mass is 9.93. The number of aryl methyl sites for hydroxylation is 1. The summed E-state index contributed by atoms with van der Waals surface area (Å²) in [5.74, 6) is 0.256. The number of rotatable bonds is 8. The smallest absolute Gasteiger partial charge is 0.255 e. The SMILES string of the molecule is Cc1cc(CNC(=O)CC2CCN(c3ncc(S(C)(=O)=O)cc3NC(=O)c3cccc(Cl)c3)CC2)ccc1Cl. The van der Waals surface area contributed by atoms with E-state index in [1.165, 1.54) is 18.3 Å². The van der Waals surface area contributed by atoms with Crippen molar-refractivity contribution < 1.29 is 18.0 Å². The summed E-state index contributed by atoms with van der Waals surface area (Å²) in [4.78, 5) is 31.9. The Morgan fingerprint density at radius 3 is 2.49 bits per heavy atom. The van der Waals surface area contributed by atoms with E-state index in [0.717, 1.165) is 30.2 Å². The molecule has 39 heavy (non-hydrogen) atoms. The van der Waals surface area contributed by atoms with Crippen LogP contribution < -0.4 is 15.5 Å². The largest absolute Gasteiger partial charge is 0.355 e. The topological polar surface area (TPSA) is 108 Å². The van der Waals surface area contributed by atoms with Crippen LogP contribution in [0.25, 0.3) is 0 Å². The second-order valence-electron chi connectivity index (χ2n) is 9.77. The summed E-state index contributed by atoms with van der Waals surface area (Å²) in [7, 11) is -3.54. The normalized spacial score (nSPS) is 14.2. The van der Waals surface area contributed by atoms with Gasteiger partial charge < -0.3 is 15.5 Å². The molecule has 2 N–H and O–H groups in total. The molecular weight excluding hydrogens is 559 g/mol. The number of hydrogen-bond donors (Lipinski definition) is 2. The van der Waals surface area contributed by atoms with E-state index in [9.17, 15) is 18.0 Å². The summed E-state index contributed by atoms with van der Waals surface area (Å²) in [6.45, 7) is 3.60. The van der Waals surface area contributed by atoms with Gasteiger partial charge >= 0.3 is 0 Å². The van der Waals surface area contributed by atoms with Crippen LogP contribution in [0.2, 0.25) is 10.0 Å². The van der Waals surface area contributed by atoms with Gasteiger partial charge in [0.25, 0.3) is 5.91 Å². The van der Waals surface area contributed by atoms with E-state index in [-0.39, 0.29) is 16.7 Å². The quantitative estimate of drug-likeness (QED) is 0.371. The van der Waals surface area contributed by atoms with Crippen LogP contribution in [0.15, 0.2) is 59.6 Å². The standard InChI is InChI=1S/C28H30Cl2N4O4S/c1-18-12-20(6-7-24(18)30)16-31-26(35)13-19-8-10-34(11-9-19)27-25(15-23(17-32-27)39(2,37)38)33-28(36)21-4-3-5-22(29)14-21/h3-7,12,14-15,17,19H,8-11,13,16H2,1-2H3,(H,31,35)(H,33,36). The minimum absolute atomic E-state index is 0.00819. The molecule has 2 heterocycles. The van der Waals surface area contributed by atoms with Crippen molar-refractivity contribution in [2.45, 2.75) is 37.6 Å². The lowest BCUT2D eigenvalue weighted by Gasteiger charge is -2.33. The number of pyridine rings is 1. The zero-order valence-electron chi connectivity index (χ0n) is 21.7. The van der Waals surface area contributed by atoms with E-state index in [4.69, 9.17) is 23.2 Å². The first kappa shape index (κ1) is 28.9. The predicted molar refractivity (Wildman–Crippen MR) is 154 cm³/mol.